The fourth-order valence-corrected chi connectivity index (χ4v) is 2.80. The van der Waals surface area contributed by atoms with Gasteiger partial charge in [-0.05, 0) is 31.2 Å². The van der Waals surface area contributed by atoms with Crippen LogP contribution in [0.2, 0.25) is 0 Å². The van der Waals surface area contributed by atoms with Gasteiger partial charge in [-0.1, -0.05) is 17.7 Å². The van der Waals surface area contributed by atoms with Crippen LogP contribution >= 0.6 is 35.7 Å². The summed E-state index contributed by atoms with van der Waals surface area (Å²) in [5.74, 6) is 2.62. The van der Waals surface area contributed by atoms with E-state index in [4.69, 9.17) is 15.2 Å². The van der Waals surface area contributed by atoms with Gasteiger partial charge in [0, 0.05) is 16.7 Å². The van der Waals surface area contributed by atoms with E-state index in [0.717, 1.165) is 17.2 Å². The molecule has 0 aliphatic rings. The Bertz CT molecular complexity index is 693. The summed E-state index contributed by atoms with van der Waals surface area (Å²) in [6, 6.07) is 13.9. The third-order valence-corrected chi connectivity index (χ3v) is 4.32. The molecule has 0 aliphatic carbocycles. The molecule has 0 bridgehead atoms. The molecule has 0 unspecified atom stereocenters. The number of halogens is 1. The quantitative estimate of drug-likeness (QED) is 0.208. The standard InChI is InChI=1S/C18H23N3O2S.HI/c1-13-4-7-15(8-5-13)24-11-10-20-18(19)21-16-12-14(22-2)6-9-17(16)23-3;/h4-9,12H,10-11H2,1-3H3,(H3,19,20,21);1H. The topological polar surface area (TPSA) is 68.9 Å². The number of aliphatic imine (C=N–C) groups is 1. The van der Waals surface area contributed by atoms with Gasteiger partial charge in [0.05, 0.1) is 26.5 Å². The Morgan fingerprint density at radius 2 is 1.84 bits per heavy atom. The number of thioether (sulfide) groups is 1. The third-order valence-electron chi connectivity index (χ3n) is 3.33. The number of hydrogen-bond donors (Lipinski definition) is 2. The van der Waals surface area contributed by atoms with Crippen LogP contribution in [0.3, 0.4) is 0 Å². The maximum absolute atomic E-state index is 5.95. The molecule has 0 atom stereocenters. The smallest absolute Gasteiger partial charge is 0.193 e. The number of guanidine groups is 1. The minimum Gasteiger partial charge on any atom is -0.497 e. The fraction of sp³-hybridized carbons (Fsp3) is 0.278. The second-order valence-corrected chi connectivity index (χ2v) is 6.29. The Kier molecular flexibility index (Phi) is 9.51. The average molecular weight is 473 g/mol. The molecule has 7 heteroatoms. The molecule has 0 heterocycles. The first-order chi connectivity index (χ1) is 11.6. The highest BCUT2D eigenvalue weighted by Crippen LogP contribution is 2.28. The molecule has 0 spiro atoms. The average Bonchev–Trinajstić information content (AvgIpc) is 2.60. The lowest BCUT2D eigenvalue weighted by molar-refractivity contribution is 0.405. The minimum atomic E-state index is 0. The highest BCUT2D eigenvalue weighted by Gasteiger charge is 2.06. The maximum atomic E-state index is 5.95. The number of nitrogens with two attached hydrogens (primary N) is 1. The van der Waals surface area contributed by atoms with Crippen molar-refractivity contribution in [2.45, 2.75) is 11.8 Å². The van der Waals surface area contributed by atoms with Gasteiger partial charge in [-0.15, -0.1) is 35.7 Å². The fourth-order valence-electron chi connectivity index (χ4n) is 2.05. The summed E-state index contributed by atoms with van der Waals surface area (Å²) in [7, 11) is 3.23. The van der Waals surface area contributed by atoms with Gasteiger partial charge in [0.2, 0.25) is 0 Å². The first-order valence-electron chi connectivity index (χ1n) is 7.61. The number of nitrogens with one attached hydrogen (secondary N) is 1. The summed E-state index contributed by atoms with van der Waals surface area (Å²) in [4.78, 5) is 5.58. The van der Waals surface area contributed by atoms with Crippen molar-refractivity contribution < 1.29 is 9.47 Å². The van der Waals surface area contributed by atoms with Crippen LogP contribution in [0.4, 0.5) is 5.69 Å². The van der Waals surface area contributed by atoms with Gasteiger partial charge in [-0.25, -0.2) is 0 Å². The molecular weight excluding hydrogens is 449 g/mol. The molecule has 0 radical (unpaired) electrons. The Morgan fingerprint density at radius 3 is 2.48 bits per heavy atom. The molecule has 0 fully saturated rings. The SMILES string of the molecule is COc1ccc(OC)c(NC(N)=NCCSc2ccc(C)cc2)c1.I. The number of aryl methyl sites for hydroxylation is 1. The third kappa shape index (κ3) is 7.03. The van der Waals surface area contributed by atoms with Gasteiger partial charge in [0.25, 0.3) is 0 Å². The molecule has 3 N–H and O–H groups in total. The van der Waals surface area contributed by atoms with Crippen molar-refractivity contribution in [1.29, 1.82) is 0 Å². The molecule has 0 aliphatic heterocycles. The van der Waals surface area contributed by atoms with Crippen LogP contribution in [0.25, 0.3) is 0 Å². The van der Waals surface area contributed by atoms with Crippen molar-refractivity contribution in [2.24, 2.45) is 10.7 Å². The number of methoxy groups -OCH3 is 2. The van der Waals surface area contributed by atoms with Gasteiger partial charge < -0.3 is 20.5 Å². The Morgan fingerprint density at radius 1 is 1.12 bits per heavy atom. The van der Waals surface area contributed by atoms with Crippen LogP contribution in [0.15, 0.2) is 52.4 Å². The predicted octanol–water partition coefficient (Wildman–Crippen LogP) is 4.15. The van der Waals surface area contributed by atoms with E-state index in [1.54, 1.807) is 26.0 Å². The number of benzene rings is 2. The van der Waals surface area contributed by atoms with E-state index in [2.05, 4.69) is 41.5 Å². The maximum Gasteiger partial charge on any atom is 0.193 e. The zero-order valence-electron chi connectivity index (χ0n) is 14.6. The van der Waals surface area contributed by atoms with Crippen molar-refractivity contribution in [2.75, 3.05) is 31.8 Å². The summed E-state index contributed by atoms with van der Waals surface area (Å²) in [6.45, 7) is 2.71. The van der Waals surface area contributed by atoms with Gasteiger partial charge in [0.1, 0.15) is 11.5 Å². The second-order valence-electron chi connectivity index (χ2n) is 5.12. The molecular formula is C18H24IN3O2S. The molecule has 2 rings (SSSR count). The Labute approximate surface area is 170 Å². The van der Waals surface area contributed by atoms with Gasteiger partial charge in [-0.2, -0.15) is 0 Å². The number of rotatable bonds is 7. The van der Waals surface area contributed by atoms with E-state index in [0.29, 0.717) is 18.3 Å². The van der Waals surface area contributed by atoms with E-state index in [1.165, 1.54) is 10.5 Å². The first-order valence-corrected chi connectivity index (χ1v) is 8.59. The molecule has 2 aromatic rings. The predicted molar refractivity (Wildman–Crippen MR) is 117 cm³/mol. The summed E-state index contributed by atoms with van der Waals surface area (Å²) >= 11 is 1.76. The summed E-state index contributed by atoms with van der Waals surface area (Å²) in [5, 5.41) is 3.06. The summed E-state index contributed by atoms with van der Waals surface area (Å²) < 4.78 is 10.5. The van der Waals surface area contributed by atoms with Crippen LogP contribution in [0.1, 0.15) is 5.56 Å². The summed E-state index contributed by atoms with van der Waals surface area (Å²) in [6.07, 6.45) is 0. The van der Waals surface area contributed by atoms with Gasteiger partial charge >= 0.3 is 0 Å². The molecule has 2 aromatic carbocycles. The molecule has 25 heavy (non-hydrogen) atoms. The van der Waals surface area contributed by atoms with Crippen molar-refractivity contribution in [3.05, 3.63) is 48.0 Å². The van der Waals surface area contributed by atoms with E-state index in [9.17, 15) is 0 Å². The normalized spacial score (nSPS) is 10.8. The monoisotopic (exact) mass is 473 g/mol. The Balaban J connectivity index is 0.00000312. The lowest BCUT2D eigenvalue weighted by Crippen LogP contribution is -2.23. The van der Waals surface area contributed by atoms with Gasteiger partial charge in [-0.3, -0.25) is 4.99 Å². The zero-order chi connectivity index (χ0) is 17.4. The molecule has 5 nitrogen and oxygen atoms in total. The van der Waals surface area contributed by atoms with Crippen LogP contribution in [-0.2, 0) is 0 Å². The minimum absolute atomic E-state index is 0. The summed E-state index contributed by atoms with van der Waals surface area (Å²) in [5.41, 5.74) is 7.94. The lowest BCUT2D eigenvalue weighted by atomic mass is 10.2. The second kappa shape index (κ2) is 11.1. The van der Waals surface area contributed by atoms with E-state index in [-0.39, 0.29) is 24.0 Å². The van der Waals surface area contributed by atoms with Crippen LogP contribution in [0.5, 0.6) is 11.5 Å². The molecule has 136 valence electrons. The number of anilines is 1. The molecule has 0 saturated carbocycles. The van der Waals surface area contributed by atoms with Crippen LogP contribution in [0, 0.1) is 6.92 Å². The lowest BCUT2D eigenvalue weighted by Gasteiger charge is -2.12. The van der Waals surface area contributed by atoms with E-state index >= 15 is 0 Å². The zero-order valence-corrected chi connectivity index (χ0v) is 17.8. The van der Waals surface area contributed by atoms with Crippen LogP contribution in [-0.4, -0.2) is 32.5 Å². The van der Waals surface area contributed by atoms with Crippen molar-refractivity contribution >= 4 is 47.4 Å². The van der Waals surface area contributed by atoms with Crippen molar-refractivity contribution in [3.8, 4) is 11.5 Å². The molecule has 0 saturated heterocycles. The molecule has 0 amide bonds. The highest BCUT2D eigenvalue weighted by molar-refractivity contribution is 14.0. The van der Waals surface area contributed by atoms with E-state index in [1.807, 2.05) is 18.2 Å². The van der Waals surface area contributed by atoms with Crippen LogP contribution < -0.4 is 20.5 Å². The number of ether oxygens (including phenoxy) is 2. The van der Waals surface area contributed by atoms with E-state index < -0.39 is 0 Å². The van der Waals surface area contributed by atoms with Crippen molar-refractivity contribution in [1.82, 2.24) is 0 Å². The first kappa shape index (κ1) is 21.4. The van der Waals surface area contributed by atoms with Gasteiger partial charge in [0.15, 0.2) is 5.96 Å². The highest BCUT2D eigenvalue weighted by atomic mass is 127. The Hall–Kier alpha value is -1.61. The number of nitrogens with zero attached hydrogens (tertiary/aromatic N) is 1. The van der Waals surface area contributed by atoms with Crippen molar-refractivity contribution in [3.63, 3.8) is 0 Å². The molecule has 0 aromatic heterocycles. The largest absolute Gasteiger partial charge is 0.497 e. The number of hydrogen-bond acceptors (Lipinski definition) is 4.